The molecular formula is C12H18N2O2. The molecule has 1 saturated heterocycles. The Morgan fingerprint density at radius 2 is 1.62 bits per heavy atom. The fraction of sp³-hybridized carbons (Fsp3) is 0.833. The van der Waals surface area contributed by atoms with Crippen molar-refractivity contribution >= 4 is 11.9 Å². The van der Waals surface area contributed by atoms with E-state index in [1.807, 2.05) is 0 Å². The van der Waals surface area contributed by atoms with Crippen LogP contribution in [-0.2, 0) is 4.79 Å². The van der Waals surface area contributed by atoms with Crippen molar-refractivity contribution in [1.82, 2.24) is 10.2 Å². The normalized spacial score (nSPS) is 26.9. The third-order valence-corrected chi connectivity index (χ3v) is 4.44. The third-order valence-electron chi connectivity index (χ3n) is 4.44. The molecule has 0 aromatic rings. The monoisotopic (exact) mass is 222 g/mol. The summed E-state index contributed by atoms with van der Waals surface area (Å²) in [5.41, 5.74) is 0. The second kappa shape index (κ2) is 3.75. The van der Waals surface area contributed by atoms with Gasteiger partial charge in [0.05, 0.1) is 6.54 Å². The Morgan fingerprint density at radius 3 is 1.94 bits per heavy atom. The molecule has 4 heteroatoms. The maximum Gasteiger partial charge on any atom is 0.324 e. The Kier molecular flexibility index (Phi) is 2.37. The second-order valence-corrected chi connectivity index (χ2v) is 5.30. The lowest BCUT2D eigenvalue weighted by Gasteiger charge is -2.45. The molecule has 0 spiro atoms. The number of nitrogens with one attached hydrogen (secondary N) is 1. The van der Waals surface area contributed by atoms with Crippen LogP contribution in [0.2, 0.25) is 0 Å². The SMILES string of the molecule is O=C1CNC(=O)N1C(C1CCC1)C1CCC1. The number of imide groups is 1. The molecule has 1 heterocycles. The van der Waals surface area contributed by atoms with E-state index in [0.717, 1.165) is 0 Å². The van der Waals surface area contributed by atoms with Crippen molar-refractivity contribution in [3.8, 4) is 0 Å². The molecule has 2 aliphatic carbocycles. The number of hydrogen-bond acceptors (Lipinski definition) is 2. The Balaban J connectivity index is 1.80. The highest BCUT2D eigenvalue weighted by Crippen LogP contribution is 2.43. The molecule has 88 valence electrons. The van der Waals surface area contributed by atoms with Crippen molar-refractivity contribution in [1.29, 1.82) is 0 Å². The molecule has 0 bridgehead atoms. The van der Waals surface area contributed by atoms with Crippen LogP contribution in [0.3, 0.4) is 0 Å². The van der Waals surface area contributed by atoms with Crippen molar-refractivity contribution in [3.05, 3.63) is 0 Å². The summed E-state index contributed by atoms with van der Waals surface area (Å²) < 4.78 is 0. The number of amides is 3. The predicted molar refractivity (Wildman–Crippen MR) is 58.7 cm³/mol. The Bertz CT molecular complexity index is 291. The molecule has 16 heavy (non-hydrogen) atoms. The van der Waals surface area contributed by atoms with Crippen molar-refractivity contribution in [2.24, 2.45) is 11.8 Å². The summed E-state index contributed by atoms with van der Waals surface area (Å²) in [7, 11) is 0. The number of carbonyl (C=O) groups is 2. The van der Waals surface area contributed by atoms with Gasteiger partial charge >= 0.3 is 6.03 Å². The fourth-order valence-corrected chi connectivity index (χ4v) is 3.11. The summed E-state index contributed by atoms with van der Waals surface area (Å²) in [5, 5.41) is 2.64. The molecular weight excluding hydrogens is 204 g/mol. The van der Waals surface area contributed by atoms with E-state index in [-0.39, 0.29) is 24.5 Å². The van der Waals surface area contributed by atoms with E-state index in [1.165, 1.54) is 43.4 Å². The molecule has 0 aromatic heterocycles. The topological polar surface area (TPSA) is 49.4 Å². The summed E-state index contributed by atoms with van der Waals surface area (Å²) in [6, 6.07) is 0.0475. The number of urea groups is 1. The smallest absolute Gasteiger partial charge is 0.324 e. The largest absolute Gasteiger partial charge is 0.329 e. The molecule has 3 amide bonds. The zero-order valence-corrected chi connectivity index (χ0v) is 9.45. The van der Waals surface area contributed by atoms with Gasteiger partial charge in [-0.05, 0) is 37.5 Å². The summed E-state index contributed by atoms with van der Waals surface area (Å²) in [4.78, 5) is 25.0. The molecule has 0 unspecified atom stereocenters. The van der Waals surface area contributed by atoms with Gasteiger partial charge in [-0.2, -0.15) is 0 Å². The lowest BCUT2D eigenvalue weighted by Crippen LogP contribution is -2.52. The van der Waals surface area contributed by atoms with Gasteiger partial charge in [0, 0.05) is 6.04 Å². The molecule has 2 saturated carbocycles. The zero-order valence-electron chi connectivity index (χ0n) is 9.45. The molecule has 4 nitrogen and oxygen atoms in total. The molecule has 3 rings (SSSR count). The van der Waals surface area contributed by atoms with Crippen LogP contribution < -0.4 is 5.32 Å². The molecule has 1 N–H and O–H groups in total. The van der Waals surface area contributed by atoms with Gasteiger partial charge in [-0.15, -0.1) is 0 Å². The van der Waals surface area contributed by atoms with Gasteiger partial charge in [0.15, 0.2) is 0 Å². The van der Waals surface area contributed by atoms with Crippen LogP contribution in [0.25, 0.3) is 0 Å². The average Bonchev–Trinajstić information content (AvgIpc) is 2.39. The van der Waals surface area contributed by atoms with Crippen molar-refractivity contribution in [2.45, 2.75) is 44.6 Å². The van der Waals surface area contributed by atoms with Crippen LogP contribution in [0.15, 0.2) is 0 Å². The highest BCUT2D eigenvalue weighted by atomic mass is 16.2. The number of nitrogens with zero attached hydrogens (tertiary/aromatic N) is 1. The van der Waals surface area contributed by atoms with Crippen molar-refractivity contribution < 1.29 is 9.59 Å². The van der Waals surface area contributed by atoms with E-state index in [4.69, 9.17) is 0 Å². The second-order valence-electron chi connectivity index (χ2n) is 5.30. The summed E-state index contributed by atoms with van der Waals surface area (Å²) in [5.74, 6) is 1.14. The van der Waals surface area contributed by atoms with E-state index in [0.29, 0.717) is 11.8 Å². The van der Waals surface area contributed by atoms with Gasteiger partial charge in [-0.1, -0.05) is 12.8 Å². The van der Waals surface area contributed by atoms with Gasteiger partial charge in [0.1, 0.15) is 0 Å². The maximum atomic E-state index is 11.8. The minimum Gasteiger partial charge on any atom is -0.329 e. The minimum absolute atomic E-state index is 0.0196. The van der Waals surface area contributed by atoms with Gasteiger partial charge in [0.25, 0.3) is 0 Å². The molecule has 1 aliphatic heterocycles. The summed E-state index contributed by atoms with van der Waals surface area (Å²) in [6.45, 7) is 0.203. The Morgan fingerprint density at radius 1 is 1.06 bits per heavy atom. The van der Waals surface area contributed by atoms with Crippen LogP contribution in [0.5, 0.6) is 0 Å². The van der Waals surface area contributed by atoms with Gasteiger partial charge in [0.2, 0.25) is 5.91 Å². The van der Waals surface area contributed by atoms with E-state index in [2.05, 4.69) is 5.32 Å². The first-order valence-electron chi connectivity index (χ1n) is 6.37. The van der Waals surface area contributed by atoms with Gasteiger partial charge in [-0.3, -0.25) is 9.69 Å². The van der Waals surface area contributed by atoms with Crippen LogP contribution in [-0.4, -0.2) is 29.4 Å². The Hall–Kier alpha value is -1.06. The fourth-order valence-electron chi connectivity index (χ4n) is 3.11. The van der Waals surface area contributed by atoms with Crippen LogP contribution in [0.4, 0.5) is 4.79 Å². The Labute approximate surface area is 95.4 Å². The summed E-state index contributed by atoms with van der Waals surface area (Å²) in [6.07, 6.45) is 7.29. The first-order chi connectivity index (χ1) is 7.77. The van der Waals surface area contributed by atoms with E-state index in [1.54, 1.807) is 0 Å². The first kappa shape index (κ1) is 10.1. The minimum atomic E-state index is -0.159. The van der Waals surface area contributed by atoms with Crippen LogP contribution in [0.1, 0.15) is 38.5 Å². The lowest BCUT2D eigenvalue weighted by atomic mass is 9.68. The van der Waals surface area contributed by atoms with E-state index in [9.17, 15) is 9.59 Å². The number of carbonyl (C=O) groups excluding carboxylic acids is 2. The zero-order chi connectivity index (χ0) is 11.1. The first-order valence-corrected chi connectivity index (χ1v) is 6.37. The van der Waals surface area contributed by atoms with Gasteiger partial charge in [-0.25, -0.2) is 4.79 Å². The maximum absolute atomic E-state index is 11.8. The molecule has 3 fully saturated rings. The molecule has 0 atom stereocenters. The molecule has 0 aromatic carbocycles. The predicted octanol–water partition coefficient (Wildman–Crippen LogP) is 1.51. The standard InChI is InChI=1S/C12H18N2O2/c15-10-7-13-12(16)14(10)11(8-3-1-4-8)9-5-2-6-9/h8-9,11H,1-7H2,(H,13,16). The summed E-state index contributed by atoms with van der Waals surface area (Å²) >= 11 is 0. The van der Waals surface area contributed by atoms with Crippen LogP contribution in [0, 0.1) is 11.8 Å². The average molecular weight is 222 g/mol. The number of rotatable bonds is 3. The third kappa shape index (κ3) is 1.43. The molecule has 3 aliphatic rings. The highest BCUT2D eigenvalue weighted by molar-refractivity contribution is 6.02. The quantitative estimate of drug-likeness (QED) is 0.736. The highest BCUT2D eigenvalue weighted by Gasteiger charge is 2.45. The lowest BCUT2D eigenvalue weighted by molar-refractivity contribution is -0.130. The van der Waals surface area contributed by atoms with Crippen molar-refractivity contribution in [3.63, 3.8) is 0 Å². The molecule has 0 radical (unpaired) electrons. The van der Waals surface area contributed by atoms with Crippen molar-refractivity contribution in [2.75, 3.05) is 6.54 Å². The van der Waals surface area contributed by atoms with E-state index < -0.39 is 0 Å². The van der Waals surface area contributed by atoms with Gasteiger partial charge < -0.3 is 5.32 Å². The number of hydrogen-bond donors (Lipinski definition) is 1. The van der Waals surface area contributed by atoms with E-state index >= 15 is 0 Å². The van der Waals surface area contributed by atoms with Crippen LogP contribution >= 0.6 is 0 Å².